The first-order chi connectivity index (χ1) is 13.4. The van der Waals surface area contributed by atoms with Crippen LogP contribution >= 0.6 is 11.6 Å². The Morgan fingerprint density at radius 2 is 1.96 bits per heavy atom. The van der Waals surface area contributed by atoms with Crippen molar-refractivity contribution in [3.63, 3.8) is 0 Å². The lowest BCUT2D eigenvalue weighted by Crippen LogP contribution is -2.30. The number of nitrogens with one attached hydrogen (secondary N) is 1. The summed E-state index contributed by atoms with van der Waals surface area (Å²) in [7, 11) is 0. The number of benzene rings is 1. The van der Waals surface area contributed by atoms with Gasteiger partial charge in [0.1, 0.15) is 11.6 Å². The fraction of sp³-hybridized carbons (Fsp3) is 0.429. The number of hydrogen-bond donors (Lipinski definition) is 1. The van der Waals surface area contributed by atoms with Crippen molar-refractivity contribution in [3.05, 3.63) is 46.7 Å². The van der Waals surface area contributed by atoms with E-state index in [4.69, 9.17) is 11.6 Å². The fourth-order valence-electron chi connectivity index (χ4n) is 3.71. The number of carbonyl (C=O) groups is 1. The molecule has 1 aromatic heterocycles. The molecule has 2 aromatic rings. The van der Waals surface area contributed by atoms with E-state index >= 15 is 0 Å². The van der Waals surface area contributed by atoms with Crippen LogP contribution in [0, 0.1) is 23.5 Å². The lowest BCUT2D eigenvalue weighted by molar-refractivity contribution is 0.0947. The van der Waals surface area contributed by atoms with Gasteiger partial charge in [0.25, 0.3) is 5.91 Å². The summed E-state index contributed by atoms with van der Waals surface area (Å²) in [6.45, 7) is 4.21. The molecule has 1 saturated heterocycles. The monoisotopic (exact) mass is 405 g/mol. The molecule has 148 valence electrons. The number of halogens is 3. The van der Waals surface area contributed by atoms with E-state index in [0.29, 0.717) is 35.2 Å². The van der Waals surface area contributed by atoms with Crippen molar-refractivity contribution in [2.24, 2.45) is 11.8 Å². The summed E-state index contributed by atoms with van der Waals surface area (Å²) in [4.78, 5) is 19.2. The van der Waals surface area contributed by atoms with Gasteiger partial charge in [-0.15, -0.1) is 0 Å². The summed E-state index contributed by atoms with van der Waals surface area (Å²) < 4.78 is 27.8. The average Bonchev–Trinajstić information content (AvgIpc) is 3.37. The van der Waals surface area contributed by atoms with Crippen LogP contribution in [0.15, 0.2) is 24.4 Å². The van der Waals surface area contributed by atoms with E-state index < -0.39 is 11.6 Å². The number of pyridine rings is 1. The Morgan fingerprint density at radius 3 is 2.57 bits per heavy atom. The third kappa shape index (κ3) is 3.97. The van der Waals surface area contributed by atoms with Crippen LogP contribution in [-0.4, -0.2) is 30.5 Å². The van der Waals surface area contributed by atoms with E-state index in [2.05, 4.69) is 17.2 Å². The van der Waals surface area contributed by atoms with E-state index in [9.17, 15) is 13.6 Å². The molecule has 1 aromatic carbocycles. The largest absolute Gasteiger partial charge is 0.369 e. The number of aromatic nitrogens is 1. The first kappa shape index (κ1) is 19.1. The van der Waals surface area contributed by atoms with Crippen molar-refractivity contribution in [2.75, 3.05) is 24.5 Å². The molecule has 1 atom stereocenters. The fourth-order valence-corrected chi connectivity index (χ4v) is 3.95. The molecule has 2 heterocycles. The van der Waals surface area contributed by atoms with Crippen LogP contribution in [0.2, 0.25) is 5.02 Å². The number of carbonyl (C=O) groups excluding carboxylic acids is 1. The zero-order valence-corrected chi connectivity index (χ0v) is 16.4. The number of nitrogens with zero attached hydrogens (tertiary/aromatic N) is 2. The zero-order chi connectivity index (χ0) is 19.8. The van der Waals surface area contributed by atoms with E-state index in [1.807, 2.05) is 4.90 Å². The highest BCUT2D eigenvalue weighted by atomic mass is 35.5. The molecule has 1 unspecified atom stereocenters. The second-order valence-electron chi connectivity index (χ2n) is 7.83. The third-order valence-corrected chi connectivity index (χ3v) is 5.65. The maximum atomic E-state index is 13.9. The number of hydrogen-bond acceptors (Lipinski definition) is 3. The minimum Gasteiger partial charge on any atom is -0.369 e. The van der Waals surface area contributed by atoms with E-state index in [0.717, 1.165) is 38.4 Å². The molecule has 1 aliphatic carbocycles. The highest BCUT2D eigenvalue weighted by molar-refractivity contribution is 6.34. The molecule has 28 heavy (non-hydrogen) atoms. The smallest absolute Gasteiger partial charge is 0.272 e. The molecule has 2 fully saturated rings. The summed E-state index contributed by atoms with van der Waals surface area (Å²) in [6, 6.07) is 3.29. The summed E-state index contributed by atoms with van der Waals surface area (Å²) in [5.41, 5.74) is 1.55. The quantitative estimate of drug-likeness (QED) is 0.786. The highest BCUT2D eigenvalue weighted by Crippen LogP contribution is 2.41. The first-order valence-electron chi connectivity index (χ1n) is 9.60. The van der Waals surface area contributed by atoms with Crippen LogP contribution in [0.3, 0.4) is 0 Å². The predicted molar refractivity (Wildman–Crippen MR) is 106 cm³/mol. The Bertz CT molecular complexity index is 897. The molecule has 0 radical (unpaired) electrons. The van der Waals surface area contributed by atoms with Crippen LogP contribution in [0.5, 0.6) is 0 Å². The lowest BCUT2D eigenvalue weighted by atomic mass is 10.0. The maximum absolute atomic E-state index is 13.9. The molecule has 1 amide bonds. The van der Waals surface area contributed by atoms with Gasteiger partial charge in [-0.25, -0.2) is 13.8 Å². The average molecular weight is 406 g/mol. The lowest BCUT2D eigenvalue weighted by Gasteiger charge is -2.25. The Hall–Kier alpha value is -2.21. The molecular formula is C21H22ClF2N3O. The molecule has 1 N–H and O–H groups in total. The Kier molecular flexibility index (Phi) is 5.23. The van der Waals surface area contributed by atoms with Gasteiger partial charge in [-0.05, 0) is 48.8 Å². The summed E-state index contributed by atoms with van der Waals surface area (Å²) in [5, 5.41) is 3.20. The second-order valence-corrected chi connectivity index (χ2v) is 8.24. The molecule has 0 bridgehead atoms. The molecule has 7 heteroatoms. The van der Waals surface area contributed by atoms with Crippen molar-refractivity contribution in [1.29, 1.82) is 0 Å². The molecule has 4 nitrogen and oxygen atoms in total. The van der Waals surface area contributed by atoms with E-state index in [1.165, 1.54) is 18.3 Å². The third-order valence-electron chi connectivity index (χ3n) is 5.36. The van der Waals surface area contributed by atoms with Gasteiger partial charge in [-0.2, -0.15) is 0 Å². The van der Waals surface area contributed by atoms with Crippen molar-refractivity contribution in [1.82, 2.24) is 10.3 Å². The van der Waals surface area contributed by atoms with Gasteiger partial charge in [-0.3, -0.25) is 4.79 Å². The molecular weight excluding hydrogens is 384 g/mol. The van der Waals surface area contributed by atoms with Crippen LogP contribution in [0.4, 0.5) is 14.5 Å². The van der Waals surface area contributed by atoms with Gasteiger partial charge in [0.15, 0.2) is 5.69 Å². The molecule has 1 aliphatic heterocycles. The van der Waals surface area contributed by atoms with E-state index in [-0.39, 0.29) is 16.6 Å². The number of amides is 1. The van der Waals surface area contributed by atoms with Gasteiger partial charge in [0.2, 0.25) is 0 Å². The van der Waals surface area contributed by atoms with Crippen molar-refractivity contribution in [2.45, 2.75) is 26.2 Å². The molecule has 2 aliphatic rings. The maximum Gasteiger partial charge on any atom is 0.272 e. The normalized spacial score (nSPS) is 19.1. The highest BCUT2D eigenvalue weighted by Gasteiger charge is 2.30. The Labute approximate surface area is 167 Å². The predicted octanol–water partition coefficient (Wildman–Crippen LogP) is 4.67. The second kappa shape index (κ2) is 7.66. The Balaban J connectivity index is 1.83. The minimum atomic E-state index is -0.691. The molecule has 0 spiro atoms. The molecule has 4 rings (SSSR count). The van der Waals surface area contributed by atoms with Gasteiger partial charge in [0.05, 0.1) is 10.7 Å². The Morgan fingerprint density at radius 1 is 1.25 bits per heavy atom. The number of rotatable bonds is 5. The van der Waals surface area contributed by atoms with Crippen LogP contribution < -0.4 is 10.2 Å². The van der Waals surface area contributed by atoms with Crippen LogP contribution in [0.1, 0.15) is 36.7 Å². The van der Waals surface area contributed by atoms with Gasteiger partial charge < -0.3 is 10.2 Å². The van der Waals surface area contributed by atoms with Gasteiger partial charge in [-0.1, -0.05) is 18.5 Å². The zero-order valence-electron chi connectivity index (χ0n) is 15.6. The van der Waals surface area contributed by atoms with Crippen molar-refractivity contribution >= 4 is 23.2 Å². The van der Waals surface area contributed by atoms with Gasteiger partial charge in [0, 0.05) is 37.5 Å². The van der Waals surface area contributed by atoms with Crippen molar-refractivity contribution < 1.29 is 13.6 Å². The SMILES string of the molecule is CC1CCN(c2c(C(=O)NCC3CC3)ncc(Cl)c2-c2cc(F)cc(F)c2)C1. The topological polar surface area (TPSA) is 45.2 Å². The van der Waals surface area contributed by atoms with Gasteiger partial charge >= 0.3 is 0 Å². The summed E-state index contributed by atoms with van der Waals surface area (Å²) >= 11 is 6.43. The van der Waals surface area contributed by atoms with Crippen LogP contribution in [0.25, 0.3) is 11.1 Å². The molecule has 1 saturated carbocycles. The summed E-state index contributed by atoms with van der Waals surface area (Å²) in [6.07, 6.45) is 4.60. The van der Waals surface area contributed by atoms with Crippen molar-refractivity contribution in [3.8, 4) is 11.1 Å². The standard InChI is InChI=1S/C21H22ClF2N3O/c1-12-4-5-27(11-12)20-18(14-6-15(23)8-16(24)7-14)17(22)10-25-19(20)21(28)26-9-13-2-3-13/h6-8,10,12-13H,2-5,9,11H2,1H3,(H,26,28). The van der Waals surface area contributed by atoms with E-state index in [1.54, 1.807) is 0 Å². The summed E-state index contributed by atoms with van der Waals surface area (Å²) in [5.74, 6) is -0.690. The number of anilines is 1. The van der Waals surface area contributed by atoms with Crippen LogP contribution in [-0.2, 0) is 0 Å². The minimum absolute atomic E-state index is 0.249. The first-order valence-corrected chi connectivity index (χ1v) is 9.98.